The van der Waals surface area contributed by atoms with Crippen LogP contribution in [0.4, 0.5) is 34.1 Å². The summed E-state index contributed by atoms with van der Waals surface area (Å²) in [4.78, 5) is 5.00. The van der Waals surface area contributed by atoms with Crippen LogP contribution in [0.1, 0.15) is 64.7 Å². The largest absolute Gasteiger partial charge is 0.489 e. The molecule has 10 aromatic rings. The molecule has 0 radical (unpaired) electrons. The summed E-state index contributed by atoms with van der Waals surface area (Å²) in [7, 11) is 0. The van der Waals surface area contributed by atoms with Crippen LogP contribution in [-0.2, 0) is 10.8 Å². The van der Waals surface area contributed by atoms with Gasteiger partial charge in [-0.2, -0.15) is 0 Å². The summed E-state index contributed by atoms with van der Waals surface area (Å²) in [6, 6.07) is 61.8. The first-order valence-corrected chi connectivity index (χ1v) is 25.0. The van der Waals surface area contributed by atoms with Crippen molar-refractivity contribution in [1.29, 1.82) is 0 Å². The second kappa shape index (κ2) is 16.1. The van der Waals surface area contributed by atoms with E-state index < -0.39 is 0 Å². The minimum Gasteiger partial charge on any atom is -0.489 e. The molecule has 71 heavy (non-hydrogen) atoms. The topological polar surface area (TPSA) is 51.2 Å². The summed E-state index contributed by atoms with van der Waals surface area (Å²) in [5.74, 6) is 3.16. The lowest BCUT2D eigenvalue weighted by Crippen LogP contribution is -2.61. The van der Waals surface area contributed by atoms with E-state index in [1.165, 1.54) is 27.5 Å². The highest BCUT2D eigenvalue weighted by Crippen LogP contribution is 2.53. The molecule has 3 aliphatic heterocycles. The number of anilines is 6. The number of rotatable bonds is 5. The van der Waals surface area contributed by atoms with Gasteiger partial charge in [0.25, 0.3) is 6.71 Å². The molecule has 0 fully saturated rings. The predicted octanol–water partition coefficient (Wildman–Crippen LogP) is 15.3. The molecule has 6 nitrogen and oxygen atoms in total. The minimum absolute atomic E-state index is 0.0728. The standard InChI is InChI=1S/C64H55BN2O4/c1-39-30-53-60-54(31-39)67(51-25-22-45(63(2,3)4)37-48(51)40-16-9-8-10-17-40)61-49(24-27-57-62(61)69-29-15-28-68-57)65(60)50-38-46(64(5,6)7)23-26-52(50)66(53)47-33-43(58-35-41-18-11-13-20-55(41)70-58)32-44(34-47)59-36-42-19-12-14-21-56(42)71-59/h8-14,16-27,30-38H,15,28-29H2,1-7H3. The first-order chi connectivity index (χ1) is 34.4. The van der Waals surface area contributed by atoms with Gasteiger partial charge >= 0.3 is 0 Å². The molecule has 0 aliphatic carbocycles. The summed E-state index contributed by atoms with van der Waals surface area (Å²) in [6.45, 7) is 17.1. The quantitative estimate of drug-likeness (QED) is 0.160. The highest BCUT2D eigenvalue weighted by Gasteiger charge is 2.46. The van der Waals surface area contributed by atoms with E-state index in [0.29, 0.717) is 13.2 Å². The normalized spacial score (nSPS) is 14.1. The molecule has 348 valence electrons. The molecule has 0 amide bonds. The molecular formula is C64H55BN2O4. The molecule has 7 heteroatoms. The second-order valence-corrected chi connectivity index (χ2v) is 21.6. The van der Waals surface area contributed by atoms with E-state index in [9.17, 15) is 0 Å². The number of benzene rings is 8. The van der Waals surface area contributed by atoms with Crippen molar-refractivity contribution in [2.24, 2.45) is 0 Å². The van der Waals surface area contributed by atoms with E-state index in [-0.39, 0.29) is 17.5 Å². The molecule has 13 rings (SSSR count). The maximum atomic E-state index is 6.92. The number of hydrogen-bond acceptors (Lipinski definition) is 6. The SMILES string of the molecule is Cc1cc2c3c(c1)N(c1ccc(C(C)(C)C)cc1-c1ccccc1)c1c(ccc4c1OCCCO4)B3c1cc(C(C)(C)C)ccc1N2c1cc(-c2cc3ccccc3o2)cc(-c2cc3ccccc3o2)c1. The van der Waals surface area contributed by atoms with Gasteiger partial charge in [0.15, 0.2) is 11.5 Å². The molecular weight excluding hydrogens is 872 g/mol. The summed E-state index contributed by atoms with van der Waals surface area (Å²) >= 11 is 0. The Morgan fingerprint density at radius 3 is 1.72 bits per heavy atom. The van der Waals surface area contributed by atoms with Crippen molar-refractivity contribution < 1.29 is 18.3 Å². The maximum absolute atomic E-state index is 6.92. The number of ether oxygens (including phenoxy) is 2. The second-order valence-electron chi connectivity index (χ2n) is 21.6. The van der Waals surface area contributed by atoms with Crippen LogP contribution in [0.25, 0.3) is 55.7 Å². The molecule has 0 saturated heterocycles. The molecule has 0 spiro atoms. The molecule has 0 bridgehead atoms. The van der Waals surface area contributed by atoms with Crippen molar-refractivity contribution in [2.45, 2.75) is 65.7 Å². The molecule has 0 saturated carbocycles. The number of nitrogens with zero attached hydrogens (tertiary/aromatic N) is 2. The number of furan rings is 2. The van der Waals surface area contributed by atoms with Gasteiger partial charge in [-0.1, -0.05) is 133 Å². The summed E-state index contributed by atoms with van der Waals surface area (Å²) < 4.78 is 26.8. The van der Waals surface area contributed by atoms with Crippen LogP contribution in [0, 0.1) is 6.92 Å². The van der Waals surface area contributed by atoms with Gasteiger partial charge in [-0.25, -0.2) is 0 Å². The highest BCUT2D eigenvalue weighted by molar-refractivity contribution is 7.00. The third-order valence-corrected chi connectivity index (χ3v) is 14.7. The van der Waals surface area contributed by atoms with Crippen molar-refractivity contribution in [1.82, 2.24) is 0 Å². The van der Waals surface area contributed by atoms with Crippen LogP contribution in [0.15, 0.2) is 179 Å². The zero-order valence-electron chi connectivity index (χ0n) is 41.4. The van der Waals surface area contributed by atoms with Gasteiger partial charge in [0.1, 0.15) is 22.7 Å². The van der Waals surface area contributed by atoms with E-state index in [1.54, 1.807) is 0 Å². The third kappa shape index (κ3) is 7.15. The molecule has 0 N–H and O–H groups in total. The van der Waals surface area contributed by atoms with E-state index >= 15 is 0 Å². The van der Waals surface area contributed by atoms with Crippen LogP contribution in [0.2, 0.25) is 0 Å². The number of hydrogen-bond donors (Lipinski definition) is 0. The fourth-order valence-corrected chi connectivity index (χ4v) is 11.2. The smallest absolute Gasteiger partial charge is 0.252 e. The Morgan fingerprint density at radius 2 is 1.07 bits per heavy atom. The monoisotopic (exact) mass is 926 g/mol. The van der Waals surface area contributed by atoms with Crippen molar-refractivity contribution in [3.63, 3.8) is 0 Å². The molecule has 0 atom stereocenters. The Hall–Kier alpha value is -7.90. The Morgan fingerprint density at radius 1 is 0.479 bits per heavy atom. The highest BCUT2D eigenvalue weighted by atomic mass is 16.5. The van der Waals surface area contributed by atoms with Crippen molar-refractivity contribution in [2.75, 3.05) is 23.0 Å². The molecule has 3 aliphatic rings. The lowest BCUT2D eigenvalue weighted by atomic mass is 9.33. The lowest BCUT2D eigenvalue weighted by molar-refractivity contribution is 0.297. The fraction of sp³-hybridized carbons (Fsp3) is 0.188. The summed E-state index contributed by atoms with van der Waals surface area (Å²) in [6.07, 6.45) is 0.804. The Balaban J connectivity index is 1.13. The Bertz CT molecular complexity index is 3600. The predicted molar refractivity (Wildman–Crippen MR) is 294 cm³/mol. The van der Waals surface area contributed by atoms with E-state index in [1.807, 2.05) is 24.3 Å². The third-order valence-electron chi connectivity index (χ3n) is 14.7. The van der Waals surface area contributed by atoms with Gasteiger partial charge in [0, 0.05) is 56.6 Å². The minimum atomic E-state index is -0.139. The van der Waals surface area contributed by atoms with Gasteiger partial charge in [0.2, 0.25) is 0 Å². The zero-order valence-corrected chi connectivity index (χ0v) is 41.4. The Labute approximate surface area is 416 Å². The van der Waals surface area contributed by atoms with Crippen molar-refractivity contribution in [3.05, 3.63) is 187 Å². The van der Waals surface area contributed by atoms with Gasteiger partial charge in [-0.3, -0.25) is 0 Å². The van der Waals surface area contributed by atoms with Crippen molar-refractivity contribution >= 4 is 79.2 Å². The fourth-order valence-electron chi connectivity index (χ4n) is 11.2. The van der Waals surface area contributed by atoms with Gasteiger partial charge < -0.3 is 28.1 Å². The van der Waals surface area contributed by atoms with Gasteiger partial charge in [-0.05, 0) is 135 Å². The van der Waals surface area contributed by atoms with Crippen LogP contribution in [-0.4, -0.2) is 19.9 Å². The number of aryl methyl sites for hydroxylation is 1. The summed E-state index contributed by atoms with van der Waals surface area (Å²) in [5, 5.41) is 2.12. The first-order valence-electron chi connectivity index (χ1n) is 25.0. The molecule has 2 aromatic heterocycles. The zero-order chi connectivity index (χ0) is 48.3. The number of fused-ring (bicyclic) bond motifs is 8. The molecule has 8 aromatic carbocycles. The average Bonchev–Trinajstić information content (AvgIpc) is 3.93. The van der Waals surface area contributed by atoms with Gasteiger partial charge in [0.05, 0.1) is 24.6 Å². The van der Waals surface area contributed by atoms with Crippen LogP contribution < -0.4 is 35.7 Å². The maximum Gasteiger partial charge on any atom is 0.252 e. The lowest BCUT2D eigenvalue weighted by Gasteiger charge is -2.45. The first kappa shape index (κ1) is 43.1. The van der Waals surface area contributed by atoms with Crippen LogP contribution >= 0.6 is 0 Å². The molecule has 5 heterocycles. The number of para-hydroxylation sites is 2. The Kier molecular flexibility index (Phi) is 9.77. The van der Waals surface area contributed by atoms with E-state index in [2.05, 4.69) is 204 Å². The van der Waals surface area contributed by atoms with Crippen LogP contribution in [0.5, 0.6) is 11.5 Å². The average molecular weight is 927 g/mol. The van der Waals surface area contributed by atoms with Crippen LogP contribution in [0.3, 0.4) is 0 Å². The van der Waals surface area contributed by atoms with Gasteiger partial charge in [-0.15, -0.1) is 0 Å². The van der Waals surface area contributed by atoms with E-state index in [0.717, 1.165) is 113 Å². The molecule has 0 unspecified atom stereocenters. The summed E-state index contributed by atoms with van der Waals surface area (Å²) in [5.41, 5.74) is 19.5. The van der Waals surface area contributed by atoms with E-state index in [4.69, 9.17) is 18.3 Å². The van der Waals surface area contributed by atoms with Crippen molar-refractivity contribution in [3.8, 4) is 45.3 Å².